The number of rotatable bonds is 11. The number of hydrogen-bond donors (Lipinski definition) is 4. The second-order valence-corrected chi connectivity index (χ2v) is 13.6. The first-order chi connectivity index (χ1) is 23.7. The van der Waals surface area contributed by atoms with E-state index >= 15 is 0 Å². The van der Waals surface area contributed by atoms with E-state index in [4.69, 9.17) is 9.47 Å². The highest BCUT2D eigenvalue weighted by molar-refractivity contribution is 7.19. The number of ether oxygens (including phenoxy) is 2. The lowest BCUT2D eigenvalue weighted by atomic mass is 10.1. The van der Waals surface area contributed by atoms with Crippen molar-refractivity contribution in [1.82, 2.24) is 20.1 Å². The zero-order chi connectivity index (χ0) is 36.5. The predicted molar refractivity (Wildman–Crippen MR) is 187 cm³/mol. The molecule has 0 bridgehead atoms. The summed E-state index contributed by atoms with van der Waals surface area (Å²) >= 11 is 0.785. The molecule has 0 aliphatic carbocycles. The molecule has 1 saturated heterocycles. The summed E-state index contributed by atoms with van der Waals surface area (Å²) in [6, 6.07) is 4.87. The Morgan fingerprint density at radius 2 is 1.90 bits per heavy atom. The van der Waals surface area contributed by atoms with Crippen molar-refractivity contribution >= 4 is 40.0 Å². The molecule has 3 heterocycles. The lowest BCUT2D eigenvalue weighted by molar-refractivity contribution is -0.137. The summed E-state index contributed by atoms with van der Waals surface area (Å²) in [5.41, 5.74) is -1.62. The Labute approximate surface area is 293 Å². The van der Waals surface area contributed by atoms with Gasteiger partial charge in [-0.05, 0) is 59.4 Å². The van der Waals surface area contributed by atoms with Crippen molar-refractivity contribution in [1.29, 1.82) is 0 Å². The van der Waals surface area contributed by atoms with Gasteiger partial charge in [-0.3, -0.25) is 10.00 Å². The standard InChI is InChI=1S/C34H44F3N7O5S/c1-6-7-8-9-12-20-48-31(46)39-22-14-13-18-44(19-17-22)30-25(21-38-43(30)5)40-27(45)26-29(42-32(47)49-33(2,3)4)50-28(41-26)23-15-10-11-16-24(23)34(35,36)37/h6-11,15-16,21-22,27,40,45H,12-14,17-20H2,1-5H3,(H,39,46)(H,42,47). The van der Waals surface area contributed by atoms with Crippen LogP contribution in [-0.2, 0) is 22.7 Å². The molecule has 1 aromatic carbocycles. The SMILES string of the molecule is CC=CC=CCCOC(=O)NC1CCCN(c2c(NC(O)c3nc(-c4ccccc4C(F)(F)F)sc3NC(=O)OC(C)(C)C)cnn2C)CC1. The Morgan fingerprint density at radius 1 is 1.14 bits per heavy atom. The zero-order valence-electron chi connectivity index (χ0n) is 28.7. The number of nitrogens with zero attached hydrogens (tertiary/aromatic N) is 4. The molecular weight excluding hydrogens is 675 g/mol. The summed E-state index contributed by atoms with van der Waals surface area (Å²) in [4.78, 5) is 31.6. The minimum Gasteiger partial charge on any atom is -0.449 e. The normalized spacial score (nSPS) is 16.3. The summed E-state index contributed by atoms with van der Waals surface area (Å²) in [6.45, 7) is 8.40. The third kappa shape index (κ3) is 10.7. The van der Waals surface area contributed by atoms with Gasteiger partial charge in [-0.1, -0.05) is 53.8 Å². The molecule has 4 rings (SSSR count). The molecule has 4 N–H and O–H groups in total. The molecule has 50 heavy (non-hydrogen) atoms. The van der Waals surface area contributed by atoms with Gasteiger partial charge in [-0.2, -0.15) is 18.3 Å². The highest BCUT2D eigenvalue weighted by Crippen LogP contribution is 2.42. The molecule has 1 aliphatic rings. The average Bonchev–Trinajstić information content (AvgIpc) is 3.53. The van der Waals surface area contributed by atoms with Crippen molar-refractivity contribution in [2.45, 2.75) is 77.4 Å². The van der Waals surface area contributed by atoms with E-state index in [0.29, 0.717) is 37.4 Å². The second-order valence-electron chi connectivity index (χ2n) is 12.6. The van der Waals surface area contributed by atoms with Gasteiger partial charge >= 0.3 is 18.4 Å². The van der Waals surface area contributed by atoms with Crippen LogP contribution >= 0.6 is 11.3 Å². The van der Waals surface area contributed by atoms with Gasteiger partial charge in [0.1, 0.15) is 27.1 Å². The minimum atomic E-state index is -4.66. The smallest absolute Gasteiger partial charge is 0.417 e. The van der Waals surface area contributed by atoms with E-state index in [1.54, 1.807) is 32.5 Å². The van der Waals surface area contributed by atoms with Crippen molar-refractivity contribution in [3.63, 3.8) is 0 Å². The zero-order valence-corrected chi connectivity index (χ0v) is 29.5. The largest absolute Gasteiger partial charge is 0.449 e. The third-order valence-electron chi connectivity index (χ3n) is 7.50. The number of carbonyl (C=O) groups is 2. The Kier molecular flexibility index (Phi) is 12.9. The van der Waals surface area contributed by atoms with Crippen molar-refractivity contribution < 1.29 is 37.3 Å². The molecule has 2 atom stereocenters. The first-order valence-corrected chi connectivity index (χ1v) is 17.1. The van der Waals surface area contributed by atoms with E-state index < -0.39 is 35.8 Å². The number of hydrogen-bond acceptors (Lipinski definition) is 10. The third-order valence-corrected chi connectivity index (χ3v) is 8.52. The number of amides is 2. The van der Waals surface area contributed by atoms with Crippen LogP contribution in [0.2, 0.25) is 0 Å². The molecule has 0 spiro atoms. The molecule has 16 heteroatoms. The number of aliphatic hydroxyl groups is 1. The molecule has 0 radical (unpaired) electrons. The summed E-state index contributed by atoms with van der Waals surface area (Å²) in [5.74, 6) is 0.653. The first-order valence-electron chi connectivity index (χ1n) is 16.3. The Hall–Kier alpha value is -4.57. The average molecular weight is 720 g/mol. The van der Waals surface area contributed by atoms with Gasteiger partial charge in [-0.25, -0.2) is 14.6 Å². The van der Waals surface area contributed by atoms with Gasteiger partial charge in [0.05, 0.1) is 24.1 Å². The molecule has 1 aliphatic heterocycles. The van der Waals surface area contributed by atoms with Crippen LogP contribution in [0.4, 0.5) is 39.3 Å². The summed E-state index contributed by atoms with van der Waals surface area (Å²) in [5, 5.41) is 24.3. The number of carbonyl (C=O) groups excluding carboxylic acids is 2. The maximum Gasteiger partial charge on any atom is 0.417 e. The van der Waals surface area contributed by atoms with Crippen LogP contribution in [0.3, 0.4) is 0 Å². The number of anilines is 3. The fourth-order valence-electron chi connectivity index (χ4n) is 5.33. The number of nitrogens with one attached hydrogen (secondary N) is 3. The van der Waals surface area contributed by atoms with Crippen molar-refractivity contribution in [2.75, 3.05) is 35.2 Å². The van der Waals surface area contributed by atoms with Crippen molar-refractivity contribution in [3.05, 3.63) is 66.0 Å². The molecule has 1 fully saturated rings. The highest BCUT2D eigenvalue weighted by Gasteiger charge is 2.35. The number of alkyl carbamates (subject to hydrolysis) is 1. The summed E-state index contributed by atoms with van der Waals surface area (Å²) in [7, 11) is 1.75. The van der Waals surface area contributed by atoms with Gasteiger partial charge in [0.2, 0.25) is 0 Å². The van der Waals surface area contributed by atoms with E-state index in [-0.39, 0.29) is 33.9 Å². The van der Waals surface area contributed by atoms with E-state index in [2.05, 4.69) is 30.9 Å². The Balaban J connectivity index is 1.51. The molecule has 2 amide bonds. The van der Waals surface area contributed by atoms with Crippen LogP contribution in [0.1, 0.15) is 70.9 Å². The number of allylic oxidation sites excluding steroid dienone is 3. The molecule has 3 aromatic rings. The Morgan fingerprint density at radius 3 is 2.62 bits per heavy atom. The van der Waals surface area contributed by atoms with Gasteiger partial charge in [0.25, 0.3) is 0 Å². The van der Waals surface area contributed by atoms with Crippen LogP contribution in [0.5, 0.6) is 0 Å². The minimum absolute atomic E-state index is 0.0149. The molecule has 12 nitrogen and oxygen atoms in total. The first kappa shape index (κ1) is 38.2. The van der Waals surface area contributed by atoms with Crippen LogP contribution in [-0.4, -0.2) is 63.4 Å². The maximum absolute atomic E-state index is 13.9. The topological polar surface area (TPSA) is 143 Å². The van der Waals surface area contributed by atoms with Crippen LogP contribution in [0, 0.1) is 0 Å². The number of aliphatic hydroxyl groups excluding tert-OH is 1. The van der Waals surface area contributed by atoms with Crippen LogP contribution < -0.4 is 20.9 Å². The van der Waals surface area contributed by atoms with Gasteiger partial charge in [0, 0.05) is 31.7 Å². The lowest BCUT2D eigenvalue weighted by Crippen LogP contribution is -2.36. The van der Waals surface area contributed by atoms with E-state index in [1.807, 2.05) is 31.2 Å². The van der Waals surface area contributed by atoms with E-state index in [1.165, 1.54) is 24.4 Å². The predicted octanol–water partition coefficient (Wildman–Crippen LogP) is 7.62. The van der Waals surface area contributed by atoms with Gasteiger partial charge in [-0.15, -0.1) is 0 Å². The molecular formula is C34H44F3N7O5S. The highest BCUT2D eigenvalue weighted by atomic mass is 32.1. The number of halogens is 3. The quantitative estimate of drug-likeness (QED) is 0.0894. The summed E-state index contributed by atoms with van der Waals surface area (Å²) < 4.78 is 54.0. The Bertz CT molecular complexity index is 1660. The molecule has 2 unspecified atom stereocenters. The number of benzene rings is 1. The lowest BCUT2D eigenvalue weighted by Gasteiger charge is -2.25. The summed E-state index contributed by atoms with van der Waals surface area (Å²) in [6.07, 6.45) is 4.34. The van der Waals surface area contributed by atoms with Crippen LogP contribution in [0.15, 0.2) is 54.8 Å². The van der Waals surface area contributed by atoms with E-state index in [0.717, 1.165) is 30.2 Å². The van der Waals surface area contributed by atoms with Gasteiger partial charge in [0.15, 0.2) is 6.23 Å². The van der Waals surface area contributed by atoms with Crippen molar-refractivity contribution in [3.8, 4) is 10.6 Å². The number of thiazole rings is 1. The fourth-order valence-corrected chi connectivity index (χ4v) is 6.35. The molecule has 0 saturated carbocycles. The van der Waals surface area contributed by atoms with Crippen molar-refractivity contribution in [2.24, 2.45) is 7.05 Å². The van der Waals surface area contributed by atoms with E-state index in [9.17, 15) is 27.9 Å². The number of aromatic nitrogens is 3. The van der Waals surface area contributed by atoms with Crippen LogP contribution in [0.25, 0.3) is 10.6 Å². The second kappa shape index (κ2) is 16.9. The van der Waals surface area contributed by atoms with Gasteiger partial charge < -0.3 is 30.1 Å². The maximum atomic E-state index is 13.9. The number of aryl methyl sites for hydroxylation is 1. The monoisotopic (exact) mass is 719 g/mol. The molecule has 2 aromatic heterocycles. The number of alkyl halides is 3. The molecule has 272 valence electrons. The fraction of sp³-hybridized carbons (Fsp3) is 0.471.